The molecule has 1 fully saturated rings. The number of rotatable bonds is 9. The lowest BCUT2D eigenvalue weighted by atomic mass is 9.94. The minimum atomic E-state index is -1.77. The molecule has 11 heteroatoms. The van der Waals surface area contributed by atoms with Gasteiger partial charge in [0, 0.05) is 31.7 Å². The monoisotopic (exact) mass is 516 g/mol. The van der Waals surface area contributed by atoms with E-state index in [9.17, 15) is 33.7 Å². The van der Waals surface area contributed by atoms with Crippen LogP contribution in [0.2, 0.25) is 0 Å². The lowest BCUT2D eigenvalue weighted by Gasteiger charge is -2.29. The van der Waals surface area contributed by atoms with Gasteiger partial charge in [-0.3, -0.25) is 9.59 Å². The molecular formula is C24H34F2N2O6S. The zero-order valence-corrected chi connectivity index (χ0v) is 21.1. The summed E-state index contributed by atoms with van der Waals surface area (Å²) in [7, 11) is 1.16. The van der Waals surface area contributed by atoms with E-state index in [0.717, 1.165) is 19.2 Å². The highest BCUT2D eigenvalue weighted by Gasteiger charge is 2.38. The van der Waals surface area contributed by atoms with Gasteiger partial charge in [-0.15, -0.1) is 0 Å². The first-order valence-electron chi connectivity index (χ1n) is 11.2. The number of carbonyl (C=O) groups is 2. The maximum atomic E-state index is 13.6. The number of hydrogen-bond donors (Lipinski definition) is 4. The highest BCUT2D eigenvalue weighted by molar-refractivity contribution is 7.99. The Morgan fingerprint density at radius 3 is 2.54 bits per heavy atom. The molecule has 4 N–H and O–H groups in total. The third kappa shape index (κ3) is 8.53. The Morgan fingerprint density at radius 1 is 1.26 bits per heavy atom. The first-order chi connectivity index (χ1) is 16.3. The lowest BCUT2D eigenvalue weighted by molar-refractivity contribution is -0.151. The van der Waals surface area contributed by atoms with Crippen LogP contribution in [-0.4, -0.2) is 87.7 Å². The van der Waals surface area contributed by atoms with Crippen molar-refractivity contribution in [2.45, 2.75) is 57.8 Å². The molecule has 1 aromatic rings. The smallest absolute Gasteiger partial charge is 0.252 e. The molecule has 0 aromatic heterocycles. The largest absolute Gasteiger partial charge is 0.387 e. The molecule has 1 aliphatic rings. The second-order valence-electron chi connectivity index (χ2n) is 9.50. The standard InChI is InChI=1S/C24H34F2N2O6S/c1-24(2,3)8-7-18(29)19(30)20(31)21(34-4)22(32)27-17-13-35-10-9-28(23(17)33)12-14-5-6-15(25)16(26)11-14/h5-8,11,17-21,29-31H,9-10,12-13H2,1-4H3,(H,27,32)/b8-7+/t17?,18-,19+,20-,21-/m1/s1. The van der Waals surface area contributed by atoms with E-state index in [0.29, 0.717) is 17.9 Å². The zero-order valence-electron chi connectivity index (χ0n) is 20.3. The van der Waals surface area contributed by atoms with Crippen molar-refractivity contribution in [1.29, 1.82) is 0 Å². The number of amides is 2. The second-order valence-corrected chi connectivity index (χ2v) is 10.6. The number of aliphatic hydroxyl groups excluding tert-OH is 3. The number of ether oxygens (including phenoxy) is 1. The molecule has 0 aliphatic carbocycles. The molecule has 1 heterocycles. The van der Waals surface area contributed by atoms with Crippen molar-refractivity contribution in [3.8, 4) is 0 Å². The lowest BCUT2D eigenvalue weighted by Crippen LogP contribution is -2.56. The summed E-state index contributed by atoms with van der Waals surface area (Å²) in [4.78, 5) is 27.4. The molecule has 5 atom stereocenters. The van der Waals surface area contributed by atoms with Crippen molar-refractivity contribution in [2.75, 3.05) is 25.2 Å². The fourth-order valence-corrected chi connectivity index (χ4v) is 4.41. The Bertz CT molecular complexity index is 910. The van der Waals surface area contributed by atoms with E-state index in [1.165, 1.54) is 28.8 Å². The fraction of sp³-hybridized carbons (Fsp3) is 0.583. The van der Waals surface area contributed by atoms with Crippen molar-refractivity contribution in [1.82, 2.24) is 10.2 Å². The number of methoxy groups -OCH3 is 1. The maximum absolute atomic E-state index is 13.6. The SMILES string of the molecule is CO[C@@H](C(=O)NC1CSCCN(Cc2ccc(F)c(F)c2)C1=O)[C@H](O)[C@@H](O)[C@H](O)/C=C/C(C)(C)C. The van der Waals surface area contributed by atoms with Gasteiger partial charge in [0.15, 0.2) is 17.7 Å². The van der Waals surface area contributed by atoms with Gasteiger partial charge in [0.2, 0.25) is 5.91 Å². The molecule has 196 valence electrons. The van der Waals surface area contributed by atoms with Crippen LogP contribution in [0.25, 0.3) is 0 Å². The third-order valence-corrected chi connectivity index (χ3v) is 6.43. The van der Waals surface area contributed by atoms with E-state index in [4.69, 9.17) is 4.74 Å². The van der Waals surface area contributed by atoms with Crippen LogP contribution in [0.15, 0.2) is 30.4 Å². The summed E-state index contributed by atoms with van der Waals surface area (Å²) in [5.41, 5.74) is 0.132. The topological polar surface area (TPSA) is 119 Å². The van der Waals surface area contributed by atoms with E-state index in [-0.39, 0.29) is 17.7 Å². The third-order valence-electron chi connectivity index (χ3n) is 5.39. The summed E-state index contributed by atoms with van der Waals surface area (Å²) < 4.78 is 31.9. The highest BCUT2D eigenvalue weighted by Crippen LogP contribution is 2.19. The number of nitrogens with one attached hydrogen (secondary N) is 1. The van der Waals surface area contributed by atoms with Gasteiger partial charge >= 0.3 is 0 Å². The van der Waals surface area contributed by atoms with Crippen molar-refractivity contribution in [2.24, 2.45) is 5.41 Å². The van der Waals surface area contributed by atoms with Crippen LogP contribution in [-0.2, 0) is 20.9 Å². The van der Waals surface area contributed by atoms with Gasteiger partial charge in [-0.05, 0) is 23.1 Å². The molecule has 0 spiro atoms. The number of hydrogen-bond acceptors (Lipinski definition) is 7. The number of halogens is 2. The predicted molar refractivity (Wildman–Crippen MR) is 128 cm³/mol. The molecule has 8 nitrogen and oxygen atoms in total. The van der Waals surface area contributed by atoms with Crippen LogP contribution in [0, 0.1) is 17.0 Å². The Morgan fingerprint density at radius 2 is 1.94 bits per heavy atom. The number of benzene rings is 1. The van der Waals surface area contributed by atoms with Crippen LogP contribution in [0.1, 0.15) is 26.3 Å². The average molecular weight is 517 g/mol. The van der Waals surface area contributed by atoms with Gasteiger partial charge in [0.25, 0.3) is 5.91 Å². The summed E-state index contributed by atoms with van der Waals surface area (Å²) >= 11 is 1.42. The van der Waals surface area contributed by atoms with E-state index in [1.54, 1.807) is 6.08 Å². The number of carbonyl (C=O) groups excluding carboxylic acids is 2. The van der Waals surface area contributed by atoms with Crippen LogP contribution in [0.4, 0.5) is 8.78 Å². The summed E-state index contributed by atoms with van der Waals surface area (Å²) in [6.07, 6.45) is -3.49. The molecule has 2 amide bonds. The van der Waals surface area contributed by atoms with Gasteiger partial charge in [0.1, 0.15) is 24.4 Å². The van der Waals surface area contributed by atoms with E-state index < -0.39 is 53.9 Å². The first-order valence-corrected chi connectivity index (χ1v) is 12.4. The molecule has 2 rings (SSSR count). The zero-order chi connectivity index (χ0) is 26.3. The number of allylic oxidation sites excluding steroid dienone is 1. The van der Waals surface area contributed by atoms with Gasteiger partial charge in [-0.25, -0.2) is 8.78 Å². The van der Waals surface area contributed by atoms with Gasteiger partial charge in [0.05, 0.1) is 0 Å². The van der Waals surface area contributed by atoms with Gasteiger partial charge < -0.3 is 30.3 Å². The molecule has 1 unspecified atom stereocenters. The normalized spacial score (nSPS) is 20.9. The molecular weight excluding hydrogens is 482 g/mol. The summed E-state index contributed by atoms with van der Waals surface area (Å²) in [5, 5.41) is 33.6. The predicted octanol–water partition coefficient (Wildman–Crippen LogP) is 1.22. The first kappa shape index (κ1) is 29.2. The molecule has 0 saturated carbocycles. The number of aliphatic hydroxyl groups is 3. The Balaban J connectivity index is 2.08. The summed E-state index contributed by atoms with van der Waals surface area (Å²) in [6, 6.07) is 2.43. The van der Waals surface area contributed by atoms with Crippen LogP contribution in [0.3, 0.4) is 0 Å². The van der Waals surface area contributed by atoms with Crippen molar-refractivity contribution in [3.63, 3.8) is 0 Å². The van der Waals surface area contributed by atoms with E-state index >= 15 is 0 Å². The number of thioether (sulfide) groups is 1. The van der Waals surface area contributed by atoms with Crippen molar-refractivity contribution in [3.05, 3.63) is 47.5 Å². The Kier molecular flexibility index (Phi) is 10.6. The minimum Gasteiger partial charge on any atom is -0.387 e. The minimum absolute atomic E-state index is 0.0321. The van der Waals surface area contributed by atoms with Crippen LogP contribution >= 0.6 is 11.8 Å². The Hall–Kier alpha value is -2.05. The molecule has 0 bridgehead atoms. The van der Waals surface area contributed by atoms with E-state index in [1.807, 2.05) is 20.8 Å². The summed E-state index contributed by atoms with van der Waals surface area (Å²) in [6.45, 7) is 6.05. The average Bonchev–Trinajstić information content (AvgIpc) is 2.95. The fourth-order valence-electron chi connectivity index (χ4n) is 3.43. The number of nitrogens with zero attached hydrogens (tertiary/aromatic N) is 1. The van der Waals surface area contributed by atoms with Crippen LogP contribution in [0.5, 0.6) is 0 Å². The molecule has 1 saturated heterocycles. The second kappa shape index (κ2) is 12.8. The van der Waals surface area contributed by atoms with E-state index in [2.05, 4.69) is 5.32 Å². The maximum Gasteiger partial charge on any atom is 0.252 e. The molecule has 1 aliphatic heterocycles. The highest BCUT2D eigenvalue weighted by atomic mass is 32.2. The Labute approximate surface area is 208 Å². The van der Waals surface area contributed by atoms with Crippen molar-refractivity contribution >= 4 is 23.6 Å². The summed E-state index contributed by atoms with van der Waals surface area (Å²) in [5.74, 6) is -2.43. The van der Waals surface area contributed by atoms with Gasteiger partial charge in [-0.2, -0.15) is 11.8 Å². The quantitative estimate of drug-likeness (QED) is 0.365. The van der Waals surface area contributed by atoms with Crippen LogP contribution < -0.4 is 5.32 Å². The van der Waals surface area contributed by atoms with Crippen molar-refractivity contribution < 1.29 is 38.4 Å². The molecule has 35 heavy (non-hydrogen) atoms. The van der Waals surface area contributed by atoms with Gasteiger partial charge in [-0.1, -0.05) is 39.0 Å². The molecule has 0 radical (unpaired) electrons. The molecule has 1 aromatic carbocycles.